The van der Waals surface area contributed by atoms with Crippen LogP contribution in [0, 0.1) is 12.8 Å². The van der Waals surface area contributed by atoms with Crippen LogP contribution < -0.4 is 0 Å². The molecule has 0 aromatic carbocycles. The molecule has 1 amide bonds. The monoisotopic (exact) mass is 264 g/mol. The predicted molar refractivity (Wildman–Crippen MR) is 72.0 cm³/mol. The SMILES string of the molecule is Cc1cccnc1C(=O)N(CCC(=O)O)CC(C)C. The quantitative estimate of drug-likeness (QED) is 0.852. The maximum atomic E-state index is 12.4. The largest absolute Gasteiger partial charge is 0.481 e. The summed E-state index contributed by atoms with van der Waals surface area (Å²) in [6, 6.07) is 3.60. The highest BCUT2D eigenvalue weighted by molar-refractivity contribution is 5.93. The van der Waals surface area contributed by atoms with Gasteiger partial charge in [-0.15, -0.1) is 0 Å². The molecule has 1 aromatic rings. The second kappa shape index (κ2) is 6.87. The Balaban J connectivity index is 2.87. The molecule has 5 nitrogen and oxygen atoms in total. The average Bonchev–Trinajstić information content (AvgIpc) is 2.33. The Morgan fingerprint density at radius 1 is 1.42 bits per heavy atom. The van der Waals surface area contributed by atoms with Gasteiger partial charge in [-0.3, -0.25) is 14.6 Å². The molecule has 0 unspecified atom stereocenters. The number of hydrogen-bond acceptors (Lipinski definition) is 3. The highest BCUT2D eigenvalue weighted by Crippen LogP contribution is 2.10. The molecular weight excluding hydrogens is 244 g/mol. The van der Waals surface area contributed by atoms with E-state index in [4.69, 9.17) is 5.11 Å². The van der Waals surface area contributed by atoms with Crippen LogP contribution in [0.15, 0.2) is 18.3 Å². The van der Waals surface area contributed by atoms with Gasteiger partial charge in [-0.2, -0.15) is 0 Å². The van der Waals surface area contributed by atoms with Gasteiger partial charge in [-0.05, 0) is 24.5 Å². The van der Waals surface area contributed by atoms with Crippen molar-refractivity contribution in [3.8, 4) is 0 Å². The van der Waals surface area contributed by atoms with Gasteiger partial charge in [-0.1, -0.05) is 19.9 Å². The Bertz CT molecular complexity index is 458. The molecule has 0 aliphatic heterocycles. The van der Waals surface area contributed by atoms with Crippen molar-refractivity contribution < 1.29 is 14.7 Å². The number of carbonyl (C=O) groups is 2. The number of aromatic nitrogens is 1. The first-order valence-corrected chi connectivity index (χ1v) is 6.34. The van der Waals surface area contributed by atoms with Gasteiger partial charge in [0.15, 0.2) is 0 Å². The summed E-state index contributed by atoms with van der Waals surface area (Å²) in [6.07, 6.45) is 1.52. The lowest BCUT2D eigenvalue weighted by Gasteiger charge is -2.24. The van der Waals surface area contributed by atoms with Crippen molar-refractivity contribution in [3.63, 3.8) is 0 Å². The predicted octanol–water partition coefficient (Wildman–Crippen LogP) is 1.96. The fraction of sp³-hybridized carbons (Fsp3) is 0.500. The first kappa shape index (κ1) is 15.1. The number of carboxylic acid groups (broad SMARTS) is 1. The number of carbonyl (C=O) groups excluding carboxylic acids is 1. The summed E-state index contributed by atoms with van der Waals surface area (Å²) in [4.78, 5) is 28.7. The molecule has 0 aliphatic carbocycles. The van der Waals surface area contributed by atoms with Crippen LogP contribution in [0.4, 0.5) is 0 Å². The second-order valence-corrected chi connectivity index (χ2v) is 4.96. The van der Waals surface area contributed by atoms with Gasteiger partial charge in [0.1, 0.15) is 5.69 Å². The topological polar surface area (TPSA) is 70.5 Å². The van der Waals surface area contributed by atoms with E-state index in [-0.39, 0.29) is 24.8 Å². The highest BCUT2D eigenvalue weighted by Gasteiger charge is 2.20. The first-order valence-electron chi connectivity index (χ1n) is 6.34. The second-order valence-electron chi connectivity index (χ2n) is 4.96. The zero-order valence-corrected chi connectivity index (χ0v) is 11.6. The van der Waals surface area contributed by atoms with Gasteiger partial charge >= 0.3 is 5.97 Å². The minimum Gasteiger partial charge on any atom is -0.481 e. The minimum absolute atomic E-state index is 0.0512. The average molecular weight is 264 g/mol. The Morgan fingerprint density at radius 2 is 2.11 bits per heavy atom. The molecule has 0 aliphatic rings. The number of nitrogens with zero attached hydrogens (tertiary/aromatic N) is 2. The normalized spacial score (nSPS) is 10.5. The molecule has 0 radical (unpaired) electrons. The van der Waals surface area contributed by atoms with E-state index in [2.05, 4.69) is 4.98 Å². The van der Waals surface area contributed by atoms with Gasteiger partial charge in [0.2, 0.25) is 0 Å². The van der Waals surface area contributed by atoms with Crippen LogP contribution in [-0.2, 0) is 4.79 Å². The molecular formula is C14H20N2O3. The maximum absolute atomic E-state index is 12.4. The van der Waals surface area contributed by atoms with Crippen molar-refractivity contribution >= 4 is 11.9 Å². The van der Waals surface area contributed by atoms with Crippen LogP contribution >= 0.6 is 0 Å². The zero-order valence-electron chi connectivity index (χ0n) is 11.6. The fourth-order valence-corrected chi connectivity index (χ4v) is 1.81. The fourth-order valence-electron chi connectivity index (χ4n) is 1.81. The lowest BCUT2D eigenvalue weighted by atomic mass is 10.1. The van der Waals surface area contributed by atoms with Crippen LogP contribution in [-0.4, -0.2) is 40.0 Å². The molecule has 0 spiro atoms. The van der Waals surface area contributed by atoms with Crippen molar-refractivity contribution in [1.29, 1.82) is 0 Å². The molecule has 1 N–H and O–H groups in total. The van der Waals surface area contributed by atoms with Crippen molar-refractivity contribution in [2.24, 2.45) is 5.92 Å². The van der Waals surface area contributed by atoms with Gasteiger partial charge in [0.05, 0.1) is 6.42 Å². The molecule has 0 atom stereocenters. The van der Waals surface area contributed by atoms with Crippen molar-refractivity contribution in [3.05, 3.63) is 29.6 Å². The van der Waals surface area contributed by atoms with Crippen LogP contribution in [0.2, 0.25) is 0 Å². The molecule has 104 valence electrons. The highest BCUT2D eigenvalue weighted by atomic mass is 16.4. The van der Waals surface area contributed by atoms with Crippen molar-refractivity contribution in [1.82, 2.24) is 9.88 Å². The number of pyridine rings is 1. The van der Waals surface area contributed by atoms with Gasteiger partial charge < -0.3 is 10.0 Å². The number of carboxylic acids is 1. The third-order valence-electron chi connectivity index (χ3n) is 2.68. The lowest BCUT2D eigenvalue weighted by Crippen LogP contribution is -2.36. The number of amides is 1. The van der Waals surface area contributed by atoms with Crippen LogP contribution in [0.25, 0.3) is 0 Å². The summed E-state index contributed by atoms with van der Waals surface area (Å²) < 4.78 is 0. The summed E-state index contributed by atoms with van der Waals surface area (Å²) in [5, 5.41) is 8.75. The molecule has 19 heavy (non-hydrogen) atoms. The summed E-state index contributed by atoms with van der Waals surface area (Å²) in [6.45, 7) is 6.55. The van der Waals surface area contributed by atoms with E-state index in [1.165, 1.54) is 0 Å². The Kier molecular flexibility index (Phi) is 5.48. The van der Waals surface area contributed by atoms with E-state index in [1.54, 1.807) is 17.2 Å². The number of rotatable bonds is 6. The van der Waals surface area contributed by atoms with E-state index >= 15 is 0 Å². The van der Waals surface area contributed by atoms with Crippen LogP contribution in [0.1, 0.15) is 36.3 Å². The lowest BCUT2D eigenvalue weighted by molar-refractivity contribution is -0.137. The van der Waals surface area contributed by atoms with E-state index in [0.29, 0.717) is 12.2 Å². The summed E-state index contributed by atoms with van der Waals surface area (Å²) in [5.41, 5.74) is 1.20. The number of aliphatic carboxylic acids is 1. The maximum Gasteiger partial charge on any atom is 0.305 e. The molecule has 0 saturated carbocycles. The number of aryl methyl sites for hydroxylation is 1. The molecule has 0 fully saturated rings. The molecule has 0 saturated heterocycles. The van der Waals surface area contributed by atoms with Crippen molar-refractivity contribution in [2.75, 3.05) is 13.1 Å². The van der Waals surface area contributed by atoms with Gasteiger partial charge in [-0.25, -0.2) is 0 Å². The minimum atomic E-state index is -0.903. The Labute approximate surface area is 113 Å². The van der Waals surface area contributed by atoms with Gasteiger partial charge in [0.25, 0.3) is 5.91 Å². The van der Waals surface area contributed by atoms with E-state index in [9.17, 15) is 9.59 Å². The number of hydrogen-bond donors (Lipinski definition) is 1. The third kappa shape index (κ3) is 4.69. The molecule has 1 heterocycles. The summed E-state index contributed by atoms with van der Waals surface area (Å²) in [5.74, 6) is -0.825. The Morgan fingerprint density at radius 3 is 2.63 bits per heavy atom. The standard InChI is InChI=1S/C14H20N2O3/c1-10(2)9-16(8-6-12(17)18)14(19)13-11(3)5-4-7-15-13/h4-5,7,10H,6,8-9H2,1-3H3,(H,17,18). The van der Waals surface area contributed by atoms with Gasteiger partial charge in [0, 0.05) is 19.3 Å². The summed E-state index contributed by atoms with van der Waals surface area (Å²) in [7, 11) is 0. The molecule has 0 bridgehead atoms. The van der Waals surface area contributed by atoms with E-state index < -0.39 is 5.97 Å². The Hall–Kier alpha value is -1.91. The molecule has 1 aromatic heterocycles. The summed E-state index contributed by atoms with van der Waals surface area (Å²) >= 11 is 0. The van der Waals surface area contributed by atoms with Crippen molar-refractivity contribution in [2.45, 2.75) is 27.2 Å². The third-order valence-corrected chi connectivity index (χ3v) is 2.68. The van der Waals surface area contributed by atoms with E-state index in [0.717, 1.165) is 5.56 Å². The van der Waals surface area contributed by atoms with Crippen LogP contribution in [0.3, 0.4) is 0 Å². The zero-order chi connectivity index (χ0) is 14.4. The molecule has 1 rings (SSSR count). The molecule has 5 heteroatoms. The smallest absolute Gasteiger partial charge is 0.305 e. The van der Waals surface area contributed by atoms with Crippen LogP contribution in [0.5, 0.6) is 0 Å². The first-order chi connectivity index (χ1) is 8.91. The van der Waals surface area contributed by atoms with E-state index in [1.807, 2.05) is 26.8 Å².